The van der Waals surface area contributed by atoms with E-state index in [2.05, 4.69) is 50.8 Å². The summed E-state index contributed by atoms with van der Waals surface area (Å²) in [5.74, 6) is 6.22. The van der Waals surface area contributed by atoms with Crippen LogP contribution in [0.25, 0.3) is 0 Å². The van der Waals surface area contributed by atoms with Crippen molar-refractivity contribution in [2.24, 2.45) is 22.7 Å². The fraction of sp³-hybridized carbons (Fsp3) is 0.594. The fourth-order valence-corrected chi connectivity index (χ4v) is 7.91. The lowest BCUT2D eigenvalue weighted by Crippen LogP contribution is -2.49. The first kappa shape index (κ1) is 24.2. The molecule has 190 valence electrons. The van der Waals surface area contributed by atoms with E-state index in [1.54, 1.807) is 5.57 Å². The minimum atomic E-state index is -0.567. The van der Waals surface area contributed by atoms with Gasteiger partial charge >= 0.3 is 0 Å². The minimum absolute atomic E-state index is 0.0479. The topological polar surface area (TPSA) is 55.8 Å². The fourth-order valence-electron chi connectivity index (χ4n) is 7.91. The van der Waals surface area contributed by atoms with Gasteiger partial charge in [0.1, 0.15) is 0 Å². The van der Waals surface area contributed by atoms with Crippen molar-refractivity contribution in [2.75, 3.05) is 13.2 Å². The van der Waals surface area contributed by atoms with Crippen LogP contribution in [0.5, 0.6) is 0 Å². The Morgan fingerprint density at radius 1 is 1.03 bits per heavy atom. The standard InChI is InChI=1S/C32H38O4/c1-30(2)19-35-32(36-20-30)15-14-24-23(17-32)10-11-25-27-12-13-28(34)31(27,3)18-26(29(24)25)22-8-6-21(7-9-22)5-4-16-33/h6-9,16-17,25-28,34H,10-15,18-20H2,1-3H3/t25?,26?,27?,28-,31?/m0/s1. The van der Waals surface area contributed by atoms with Crippen LogP contribution in [0.15, 0.2) is 47.1 Å². The van der Waals surface area contributed by atoms with Crippen molar-refractivity contribution in [2.45, 2.75) is 83.5 Å². The summed E-state index contributed by atoms with van der Waals surface area (Å²) < 4.78 is 12.7. The molecule has 2 saturated carbocycles. The Kier molecular flexibility index (Phi) is 5.83. The molecule has 1 heterocycles. The van der Waals surface area contributed by atoms with Gasteiger partial charge in [0.15, 0.2) is 12.1 Å². The molecular formula is C32H38O4. The molecule has 3 fully saturated rings. The van der Waals surface area contributed by atoms with Crippen molar-refractivity contribution < 1.29 is 19.4 Å². The van der Waals surface area contributed by atoms with Crippen molar-refractivity contribution in [1.29, 1.82) is 0 Å². The smallest absolute Gasteiger partial charge is 0.193 e. The summed E-state index contributed by atoms with van der Waals surface area (Å²) in [6.07, 6.45) is 9.81. The Morgan fingerprint density at radius 3 is 2.50 bits per heavy atom. The van der Waals surface area contributed by atoms with Crippen LogP contribution < -0.4 is 0 Å². The molecule has 4 aliphatic carbocycles. The lowest BCUT2D eigenvalue weighted by atomic mass is 9.53. The zero-order chi connectivity index (χ0) is 25.1. The molecule has 6 rings (SSSR count). The molecule has 0 aromatic heterocycles. The molecule has 1 saturated heterocycles. The molecule has 4 heteroatoms. The summed E-state index contributed by atoms with van der Waals surface area (Å²) in [6, 6.07) is 8.44. The lowest BCUT2D eigenvalue weighted by molar-refractivity contribution is -0.275. The third-order valence-corrected chi connectivity index (χ3v) is 9.85. The molecule has 1 N–H and O–H groups in total. The second-order valence-electron chi connectivity index (χ2n) is 12.8. The number of hydrogen-bond donors (Lipinski definition) is 1. The molecule has 1 spiro atoms. The van der Waals surface area contributed by atoms with Gasteiger partial charge < -0.3 is 14.6 Å². The van der Waals surface area contributed by atoms with Gasteiger partial charge in [0, 0.05) is 23.3 Å². The predicted molar refractivity (Wildman–Crippen MR) is 139 cm³/mol. The zero-order valence-electron chi connectivity index (χ0n) is 21.8. The minimum Gasteiger partial charge on any atom is -0.393 e. The zero-order valence-corrected chi connectivity index (χ0v) is 21.8. The van der Waals surface area contributed by atoms with Gasteiger partial charge in [-0.05, 0) is 96.6 Å². The SMILES string of the molecule is CC1(C)COC2(C=C3CCC4C(=C3CC2)C(c2ccc(C#CC=O)cc2)CC2(C)C4CC[C@@H]2O)OC1. The highest BCUT2D eigenvalue weighted by Crippen LogP contribution is 2.64. The van der Waals surface area contributed by atoms with Crippen LogP contribution in [0.1, 0.15) is 82.8 Å². The molecule has 4 nitrogen and oxygen atoms in total. The molecule has 5 atom stereocenters. The molecule has 5 aliphatic rings. The van der Waals surface area contributed by atoms with Crippen molar-refractivity contribution in [1.82, 2.24) is 0 Å². The predicted octanol–water partition coefficient (Wildman–Crippen LogP) is 5.70. The highest BCUT2D eigenvalue weighted by Gasteiger charge is 2.56. The van der Waals surface area contributed by atoms with Crippen LogP contribution in [-0.4, -0.2) is 36.5 Å². The van der Waals surface area contributed by atoms with Gasteiger partial charge in [-0.25, -0.2) is 0 Å². The van der Waals surface area contributed by atoms with Gasteiger partial charge in [-0.15, -0.1) is 0 Å². The number of ether oxygens (including phenoxy) is 2. The number of aliphatic hydroxyl groups is 1. The van der Waals surface area contributed by atoms with Gasteiger partial charge in [0.25, 0.3) is 0 Å². The maximum absolute atomic E-state index is 11.1. The maximum Gasteiger partial charge on any atom is 0.193 e. The Hall–Kier alpha value is -2.19. The summed E-state index contributed by atoms with van der Waals surface area (Å²) in [7, 11) is 0. The van der Waals surface area contributed by atoms with Gasteiger partial charge in [-0.2, -0.15) is 0 Å². The van der Waals surface area contributed by atoms with Crippen molar-refractivity contribution in [3.63, 3.8) is 0 Å². The van der Waals surface area contributed by atoms with Crippen LogP contribution in [0.2, 0.25) is 0 Å². The maximum atomic E-state index is 11.1. The third kappa shape index (κ3) is 3.92. The Morgan fingerprint density at radius 2 is 1.78 bits per heavy atom. The normalized spacial score (nSPS) is 36.2. The van der Waals surface area contributed by atoms with E-state index >= 15 is 0 Å². The highest BCUT2D eigenvalue weighted by molar-refractivity contribution is 5.74. The second kappa shape index (κ2) is 8.69. The second-order valence-corrected chi connectivity index (χ2v) is 12.8. The van der Waals surface area contributed by atoms with Crippen molar-refractivity contribution in [3.05, 3.63) is 58.2 Å². The lowest BCUT2D eigenvalue weighted by Gasteiger charge is -2.53. The van der Waals surface area contributed by atoms with Gasteiger partial charge in [-0.1, -0.05) is 44.4 Å². The quantitative estimate of drug-likeness (QED) is 0.409. The average molecular weight is 487 g/mol. The van der Waals surface area contributed by atoms with Crippen LogP contribution in [0.3, 0.4) is 0 Å². The summed E-state index contributed by atoms with van der Waals surface area (Å²) in [5, 5.41) is 11.1. The summed E-state index contributed by atoms with van der Waals surface area (Å²) in [5.41, 5.74) is 6.74. The first-order valence-electron chi connectivity index (χ1n) is 13.7. The molecule has 4 unspecified atom stereocenters. The van der Waals surface area contributed by atoms with Crippen LogP contribution in [0.4, 0.5) is 0 Å². The van der Waals surface area contributed by atoms with E-state index in [4.69, 9.17) is 9.47 Å². The van der Waals surface area contributed by atoms with Gasteiger partial charge in [0.2, 0.25) is 0 Å². The molecule has 1 aliphatic heterocycles. The van der Waals surface area contributed by atoms with E-state index < -0.39 is 5.79 Å². The number of fused-ring (bicyclic) bond motifs is 4. The van der Waals surface area contributed by atoms with Crippen LogP contribution >= 0.6 is 0 Å². The van der Waals surface area contributed by atoms with Crippen molar-refractivity contribution >= 4 is 6.29 Å². The number of rotatable bonds is 1. The molecule has 36 heavy (non-hydrogen) atoms. The van der Waals surface area contributed by atoms with E-state index in [1.165, 1.54) is 16.7 Å². The Bertz CT molecular complexity index is 1170. The van der Waals surface area contributed by atoms with E-state index in [0.717, 1.165) is 63.7 Å². The number of allylic oxidation sites excluding steroid dienone is 3. The number of aldehydes is 1. The van der Waals surface area contributed by atoms with Gasteiger partial charge in [0.05, 0.1) is 19.3 Å². The number of benzene rings is 1. The number of aliphatic hydroxyl groups excluding tert-OH is 1. The largest absolute Gasteiger partial charge is 0.393 e. The number of carbonyl (C=O) groups excluding carboxylic acids is 1. The first-order valence-corrected chi connectivity index (χ1v) is 13.7. The van der Waals surface area contributed by atoms with Crippen molar-refractivity contribution in [3.8, 4) is 11.8 Å². The van der Waals surface area contributed by atoms with E-state index in [-0.39, 0.29) is 22.9 Å². The monoisotopic (exact) mass is 486 g/mol. The number of carbonyl (C=O) groups is 1. The Labute approximate surface area is 215 Å². The Balaban J connectivity index is 1.41. The summed E-state index contributed by atoms with van der Waals surface area (Å²) in [4.78, 5) is 10.7. The molecule has 0 amide bonds. The average Bonchev–Trinajstić information content (AvgIpc) is 3.18. The summed E-state index contributed by atoms with van der Waals surface area (Å²) >= 11 is 0. The third-order valence-electron chi connectivity index (χ3n) is 9.85. The molecule has 0 radical (unpaired) electrons. The van der Waals surface area contributed by atoms with Gasteiger partial charge in [-0.3, -0.25) is 4.79 Å². The van der Waals surface area contributed by atoms with E-state index in [0.29, 0.717) is 18.1 Å². The van der Waals surface area contributed by atoms with Crippen LogP contribution in [0, 0.1) is 34.5 Å². The number of hydrogen-bond acceptors (Lipinski definition) is 4. The summed E-state index contributed by atoms with van der Waals surface area (Å²) in [6.45, 7) is 8.19. The molecular weight excluding hydrogens is 448 g/mol. The van der Waals surface area contributed by atoms with E-state index in [1.807, 2.05) is 12.1 Å². The molecule has 1 aromatic rings. The molecule has 1 aromatic carbocycles. The van der Waals surface area contributed by atoms with E-state index in [9.17, 15) is 9.90 Å². The van der Waals surface area contributed by atoms with Crippen LogP contribution in [-0.2, 0) is 14.3 Å². The first-order chi connectivity index (χ1) is 17.2. The highest BCUT2D eigenvalue weighted by atomic mass is 16.7. The molecule has 0 bridgehead atoms.